The van der Waals surface area contributed by atoms with Crippen LogP contribution in [-0.2, 0) is 0 Å². The van der Waals surface area contributed by atoms with Gasteiger partial charge in [-0.3, -0.25) is 0 Å². The van der Waals surface area contributed by atoms with Gasteiger partial charge in [0.15, 0.2) is 6.08 Å². The fourth-order valence-corrected chi connectivity index (χ4v) is 0.424. The molecule has 0 spiro atoms. The maximum atomic E-state index is 9.33. The highest BCUT2D eigenvalue weighted by atomic mass is 16.3. The van der Waals surface area contributed by atoms with Crippen molar-refractivity contribution in [3.63, 3.8) is 0 Å². The molecule has 0 aliphatic rings. The van der Waals surface area contributed by atoms with Crippen molar-refractivity contribution in [3.8, 4) is 6.07 Å². The Morgan fingerprint density at radius 3 is 2.70 bits per heavy atom. The minimum atomic E-state index is -2.85. The van der Waals surface area contributed by atoms with E-state index in [1.54, 1.807) is 0 Å². The highest BCUT2D eigenvalue weighted by Crippen LogP contribution is 2.09. The summed E-state index contributed by atoms with van der Waals surface area (Å²) >= 11 is 0. The molecule has 0 saturated heterocycles. The summed E-state index contributed by atoms with van der Waals surface area (Å²) in [5, 5.41) is 17.9. The third-order valence-corrected chi connectivity index (χ3v) is 0.843. The molecule has 0 fully saturated rings. The van der Waals surface area contributed by atoms with Crippen LogP contribution in [0.15, 0.2) is 30.2 Å². The maximum absolute atomic E-state index is 9.33. The van der Waals surface area contributed by atoms with Crippen LogP contribution < -0.4 is 0 Å². The van der Waals surface area contributed by atoms with E-state index >= 15 is 0 Å². The van der Waals surface area contributed by atoms with Crippen molar-refractivity contribution in [2.24, 2.45) is 0 Å². The zero-order chi connectivity index (χ0) is 12.7. The molecule has 1 aromatic rings. The van der Waals surface area contributed by atoms with Gasteiger partial charge in [-0.2, -0.15) is 5.26 Å². The first-order valence-corrected chi connectivity index (χ1v) is 2.45. The summed E-state index contributed by atoms with van der Waals surface area (Å²) in [6, 6.07) is -2.32. The Bertz CT molecular complexity index is 463. The van der Waals surface area contributed by atoms with Gasteiger partial charge in [0.25, 0.3) is 0 Å². The largest absolute Gasteiger partial charge is 0.374 e. The summed E-state index contributed by atoms with van der Waals surface area (Å²) in [7, 11) is 0. The summed E-state index contributed by atoms with van der Waals surface area (Å²) in [5.41, 5.74) is -0.735. The molecule has 10 heavy (non-hydrogen) atoms. The smallest absolute Gasteiger partial charge is 0.165 e. The van der Waals surface area contributed by atoms with Crippen LogP contribution in [-0.4, -0.2) is 5.11 Å². The van der Waals surface area contributed by atoms with E-state index < -0.39 is 41.9 Å². The van der Waals surface area contributed by atoms with Crippen LogP contribution in [0.5, 0.6) is 0 Å². The molecule has 1 rings (SSSR count). The van der Waals surface area contributed by atoms with Crippen molar-refractivity contribution in [1.82, 2.24) is 0 Å². The monoisotopic (exact) mass is 139 g/mol. The Kier molecular flexibility index (Phi) is 0.710. The second kappa shape index (κ2) is 3.00. The lowest BCUT2D eigenvalue weighted by Gasteiger charge is -1.98. The van der Waals surface area contributed by atoms with Crippen molar-refractivity contribution >= 4 is 0 Å². The quantitative estimate of drug-likeness (QED) is 0.595. The van der Waals surface area contributed by atoms with Gasteiger partial charge >= 0.3 is 0 Å². The molecule has 1 atom stereocenters. The molecule has 0 aromatic heterocycles. The van der Waals surface area contributed by atoms with Gasteiger partial charge in [-0.15, -0.1) is 0 Å². The number of hydrogen-bond acceptors (Lipinski definition) is 2. The normalized spacial score (nSPS) is 23.6. The number of benzene rings is 1. The fourth-order valence-electron chi connectivity index (χ4n) is 0.424. The van der Waals surface area contributed by atoms with Crippen LogP contribution >= 0.6 is 0 Å². The Morgan fingerprint density at radius 1 is 1.60 bits per heavy atom. The van der Waals surface area contributed by atoms with Gasteiger partial charge in [0.2, 0.25) is 0 Å². The van der Waals surface area contributed by atoms with E-state index in [4.69, 9.17) is 13.5 Å². The van der Waals surface area contributed by atoms with Crippen LogP contribution in [0.4, 0.5) is 0 Å². The lowest BCUT2D eigenvalue weighted by atomic mass is 10.1. The number of rotatable bonds is 1. The first kappa shape index (κ1) is 2.37. The zero-order valence-electron chi connectivity index (χ0n) is 10.9. The van der Waals surface area contributed by atoms with Crippen LogP contribution in [0.3, 0.4) is 0 Å². The molecule has 0 radical (unpaired) electrons. The lowest BCUT2D eigenvalue weighted by Crippen LogP contribution is -1.90. The zero-order valence-corrected chi connectivity index (χ0v) is 4.89. The molecule has 0 aliphatic carbocycles. The maximum Gasteiger partial charge on any atom is 0.165 e. The van der Waals surface area contributed by atoms with Crippen molar-refractivity contribution in [1.29, 1.82) is 5.26 Å². The van der Waals surface area contributed by atoms with Crippen LogP contribution in [0.2, 0.25) is 0 Å². The predicted molar refractivity (Wildman–Crippen MR) is 37.0 cm³/mol. The van der Waals surface area contributed by atoms with Crippen molar-refractivity contribution in [3.05, 3.63) is 35.8 Å². The van der Waals surface area contributed by atoms with Gasteiger partial charge in [0.05, 0.1) is 14.3 Å². The molecule has 0 saturated carbocycles. The van der Waals surface area contributed by atoms with Crippen LogP contribution in [0.1, 0.15) is 19.9 Å². The number of nitriles is 1. The number of hydrogen-bond donors (Lipinski definition) is 1. The molecular weight excluding hydrogens is 126 g/mol. The summed E-state index contributed by atoms with van der Waals surface area (Å²) in [6.07, 6.45) is -2.85. The summed E-state index contributed by atoms with van der Waals surface area (Å²) in [4.78, 5) is 0. The van der Waals surface area contributed by atoms with Gasteiger partial charge in [-0.1, -0.05) is 30.2 Å². The molecule has 2 nitrogen and oxygen atoms in total. The third-order valence-electron chi connectivity index (χ3n) is 0.843. The molecular formula is C8H7NO. The van der Waals surface area contributed by atoms with E-state index in [1.165, 1.54) is 6.07 Å². The van der Waals surface area contributed by atoms with E-state index in [0.717, 1.165) is 0 Å². The molecule has 2 heteroatoms. The topological polar surface area (TPSA) is 44.0 Å². The molecule has 0 bridgehead atoms. The van der Waals surface area contributed by atoms with E-state index in [2.05, 4.69) is 0 Å². The number of nitrogens with zero attached hydrogens (tertiary/aromatic N) is 1. The number of aliphatic hydroxyl groups is 1. The second-order valence-corrected chi connectivity index (χ2v) is 1.46. The lowest BCUT2D eigenvalue weighted by molar-refractivity contribution is 0.236. The van der Waals surface area contributed by atoms with Crippen molar-refractivity contribution < 1.29 is 13.3 Å². The average molecular weight is 139 g/mol. The van der Waals surface area contributed by atoms with E-state index in [-0.39, 0.29) is 0 Å². The van der Waals surface area contributed by atoms with E-state index in [0.29, 0.717) is 0 Å². The second-order valence-electron chi connectivity index (χ2n) is 1.46. The standard InChI is InChI=1S/C8H7NO/c9-6-8(10)7-4-2-1-3-5-7/h1-5,8,10H/i1D,2D,3D,4D,5D,8D. The Balaban J connectivity index is 3.73. The Labute approximate surface area is 67.8 Å². The SMILES string of the molecule is [2H]c1c([2H])c([2H])c(C([2H])(O)C#N)c([2H])c1[2H]. The van der Waals surface area contributed by atoms with E-state index in [9.17, 15) is 5.11 Å². The molecule has 1 unspecified atom stereocenters. The molecule has 1 N–H and O–H groups in total. The van der Waals surface area contributed by atoms with Gasteiger partial charge in [0.1, 0.15) is 0 Å². The van der Waals surface area contributed by atoms with Gasteiger partial charge in [0, 0.05) is 0 Å². The minimum absolute atomic E-state index is 0.632. The van der Waals surface area contributed by atoms with Gasteiger partial charge < -0.3 is 5.11 Å². The molecule has 0 heterocycles. The first-order valence-electron chi connectivity index (χ1n) is 5.45. The highest BCUT2D eigenvalue weighted by Gasteiger charge is 2.01. The van der Waals surface area contributed by atoms with E-state index in [1.807, 2.05) is 0 Å². The average Bonchev–Trinajstić information content (AvgIpc) is 2.23. The van der Waals surface area contributed by atoms with Gasteiger partial charge in [-0.25, -0.2) is 0 Å². The van der Waals surface area contributed by atoms with Crippen molar-refractivity contribution in [2.75, 3.05) is 0 Å². The molecule has 50 valence electrons. The van der Waals surface area contributed by atoms with Crippen molar-refractivity contribution in [2.45, 2.75) is 6.08 Å². The predicted octanol–water partition coefficient (Wildman–Crippen LogP) is 1.24. The summed E-state index contributed by atoms with van der Waals surface area (Å²) in [5.74, 6) is 0. The Hall–Kier alpha value is -1.33. The minimum Gasteiger partial charge on any atom is -0.374 e. The van der Waals surface area contributed by atoms with Gasteiger partial charge in [-0.05, 0) is 5.56 Å². The molecule has 0 aliphatic heterocycles. The van der Waals surface area contributed by atoms with Crippen LogP contribution in [0, 0.1) is 11.3 Å². The molecule has 1 aromatic carbocycles. The highest BCUT2D eigenvalue weighted by molar-refractivity contribution is 5.21. The van der Waals surface area contributed by atoms with Crippen LogP contribution in [0.25, 0.3) is 0 Å². The Morgan fingerprint density at radius 2 is 2.20 bits per heavy atom. The third kappa shape index (κ3) is 1.34. The fraction of sp³-hybridized carbons (Fsp3) is 0.125. The molecule has 0 amide bonds. The summed E-state index contributed by atoms with van der Waals surface area (Å²) in [6.45, 7) is 0. The summed E-state index contributed by atoms with van der Waals surface area (Å²) < 4.78 is 43.8. The first-order chi connectivity index (χ1) is 7.24.